The van der Waals surface area contributed by atoms with E-state index in [1.807, 2.05) is 37.3 Å². The van der Waals surface area contributed by atoms with Gasteiger partial charge in [-0.15, -0.1) is 0 Å². The summed E-state index contributed by atoms with van der Waals surface area (Å²) in [5, 5.41) is 2.82. The lowest BCUT2D eigenvalue weighted by Gasteiger charge is -2.12. The molecule has 0 aliphatic heterocycles. The van der Waals surface area contributed by atoms with Crippen LogP contribution >= 0.6 is 0 Å². The molecule has 0 aliphatic carbocycles. The maximum atomic E-state index is 12.0. The topological polar surface area (TPSA) is 73.9 Å². The zero-order valence-electron chi connectivity index (χ0n) is 16.6. The summed E-state index contributed by atoms with van der Waals surface area (Å²) in [6, 6.07) is 13.0. The number of amides is 1. The third-order valence-corrected chi connectivity index (χ3v) is 4.08. The smallest absolute Gasteiger partial charge is 0.258 e. The molecule has 0 saturated carbocycles. The van der Waals surface area contributed by atoms with Gasteiger partial charge in [-0.25, -0.2) is 0 Å². The molecule has 6 heteroatoms. The van der Waals surface area contributed by atoms with Crippen molar-refractivity contribution in [2.75, 3.05) is 20.3 Å². The van der Waals surface area contributed by atoms with Crippen molar-refractivity contribution in [3.63, 3.8) is 0 Å². The lowest BCUT2D eigenvalue weighted by molar-refractivity contribution is -0.123. The monoisotopic (exact) mass is 385 g/mol. The number of ketones is 1. The Balaban J connectivity index is 1.79. The van der Waals surface area contributed by atoms with Crippen LogP contribution in [0.5, 0.6) is 17.2 Å². The van der Waals surface area contributed by atoms with Crippen LogP contribution in [0.1, 0.15) is 31.4 Å². The number of ether oxygens (including phenoxy) is 3. The molecule has 0 bridgehead atoms. The average Bonchev–Trinajstić information content (AvgIpc) is 2.70. The van der Waals surface area contributed by atoms with Crippen LogP contribution in [0.25, 0.3) is 0 Å². The molecule has 2 aromatic carbocycles. The van der Waals surface area contributed by atoms with Gasteiger partial charge in [-0.3, -0.25) is 4.79 Å². The SMILES string of the molecule is CCOc1ccc(CNC(=O)COc2ccc(CCC(C)=O)cc2)cc1OC. The second-order valence-electron chi connectivity index (χ2n) is 6.33. The van der Waals surface area contributed by atoms with Crippen LogP contribution in [-0.4, -0.2) is 32.0 Å². The molecule has 0 aliphatic rings. The fraction of sp³-hybridized carbons (Fsp3) is 0.364. The Kier molecular flexibility index (Phi) is 8.34. The fourth-order valence-corrected chi connectivity index (χ4v) is 2.57. The van der Waals surface area contributed by atoms with Gasteiger partial charge in [0.1, 0.15) is 11.5 Å². The van der Waals surface area contributed by atoms with Gasteiger partial charge < -0.3 is 24.3 Å². The van der Waals surface area contributed by atoms with Crippen LogP contribution in [0.15, 0.2) is 42.5 Å². The van der Waals surface area contributed by atoms with E-state index in [9.17, 15) is 9.59 Å². The summed E-state index contributed by atoms with van der Waals surface area (Å²) in [6.07, 6.45) is 1.24. The molecular weight excluding hydrogens is 358 g/mol. The first kappa shape index (κ1) is 21.3. The second-order valence-corrected chi connectivity index (χ2v) is 6.33. The van der Waals surface area contributed by atoms with Gasteiger partial charge in [-0.05, 0) is 55.7 Å². The normalized spacial score (nSPS) is 10.2. The first-order valence-electron chi connectivity index (χ1n) is 9.29. The molecule has 1 amide bonds. The molecule has 0 fully saturated rings. The number of aryl methyl sites for hydroxylation is 1. The van der Waals surface area contributed by atoms with E-state index in [-0.39, 0.29) is 18.3 Å². The van der Waals surface area contributed by atoms with E-state index in [0.29, 0.717) is 43.2 Å². The van der Waals surface area contributed by atoms with E-state index in [1.165, 1.54) is 0 Å². The summed E-state index contributed by atoms with van der Waals surface area (Å²) in [4.78, 5) is 23.1. The maximum Gasteiger partial charge on any atom is 0.258 e. The van der Waals surface area contributed by atoms with Gasteiger partial charge in [0, 0.05) is 13.0 Å². The first-order chi connectivity index (χ1) is 13.5. The van der Waals surface area contributed by atoms with Gasteiger partial charge >= 0.3 is 0 Å². The highest BCUT2D eigenvalue weighted by atomic mass is 16.5. The van der Waals surface area contributed by atoms with Gasteiger partial charge in [-0.1, -0.05) is 18.2 Å². The number of benzene rings is 2. The molecule has 0 heterocycles. The predicted molar refractivity (Wildman–Crippen MR) is 107 cm³/mol. The van der Waals surface area contributed by atoms with Crippen LogP contribution in [0.3, 0.4) is 0 Å². The Morgan fingerprint density at radius 3 is 2.32 bits per heavy atom. The molecule has 150 valence electrons. The highest BCUT2D eigenvalue weighted by Gasteiger charge is 2.07. The van der Waals surface area contributed by atoms with Crippen molar-refractivity contribution in [3.05, 3.63) is 53.6 Å². The largest absolute Gasteiger partial charge is 0.493 e. The standard InChI is InChI=1S/C22H27NO5/c1-4-27-20-12-9-18(13-21(20)26-3)14-23-22(25)15-28-19-10-7-17(8-11-19)6-5-16(2)24/h7-13H,4-6,14-15H2,1-3H3,(H,23,25). The lowest BCUT2D eigenvalue weighted by Crippen LogP contribution is -2.28. The molecule has 2 rings (SSSR count). The Labute approximate surface area is 165 Å². The van der Waals surface area contributed by atoms with Crippen molar-refractivity contribution in [3.8, 4) is 17.2 Å². The zero-order chi connectivity index (χ0) is 20.4. The minimum absolute atomic E-state index is 0.0685. The van der Waals surface area contributed by atoms with E-state index in [1.54, 1.807) is 26.2 Å². The molecule has 1 N–H and O–H groups in total. The number of rotatable bonds is 11. The van der Waals surface area contributed by atoms with Gasteiger partial charge in [0.15, 0.2) is 18.1 Å². The molecule has 0 spiro atoms. The van der Waals surface area contributed by atoms with E-state index in [0.717, 1.165) is 11.1 Å². The molecular formula is C22H27NO5. The minimum Gasteiger partial charge on any atom is -0.493 e. The van der Waals surface area contributed by atoms with Crippen molar-refractivity contribution >= 4 is 11.7 Å². The third-order valence-electron chi connectivity index (χ3n) is 4.08. The number of methoxy groups -OCH3 is 1. The Bertz CT molecular complexity index is 786. The second kappa shape index (κ2) is 11.0. The van der Waals surface area contributed by atoms with Gasteiger partial charge in [-0.2, -0.15) is 0 Å². The molecule has 28 heavy (non-hydrogen) atoms. The summed E-state index contributed by atoms with van der Waals surface area (Å²) < 4.78 is 16.3. The number of carbonyl (C=O) groups is 2. The molecule has 0 unspecified atom stereocenters. The van der Waals surface area contributed by atoms with Crippen LogP contribution in [-0.2, 0) is 22.6 Å². The summed E-state index contributed by atoms with van der Waals surface area (Å²) in [7, 11) is 1.58. The molecule has 0 saturated heterocycles. The van der Waals surface area contributed by atoms with Crippen LogP contribution < -0.4 is 19.5 Å². The third kappa shape index (κ3) is 6.95. The average molecular weight is 385 g/mol. The van der Waals surface area contributed by atoms with Crippen molar-refractivity contribution in [1.82, 2.24) is 5.32 Å². The van der Waals surface area contributed by atoms with Crippen LogP contribution in [0.2, 0.25) is 0 Å². The number of hydrogen-bond acceptors (Lipinski definition) is 5. The lowest BCUT2D eigenvalue weighted by atomic mass is 10.1. The molecule has 2 aromatic rings. The predicted octanol–water partition coefficient (Wildman–Crippen LogP) is 3.31. The van der Waals surface area contributed by atoms with Crippen LogP contribution in [0, 0.1) is 0 Å². The quantitative estimate of drug-likeness (QED) is 0.642. The van der Waals surface area contributed by atoms with Crippen molar-refractivity contribution in [1.29, 1.82) is 0 Å². The van der Waals surface area contributed by atoms with E-state index in [4.69, 9.17) is 14.2 Å². The maximum absolute atomic E-state index is 12.0. The van der Waals surface area contributed by atoms with Gasteiger partial charge in [0.25, 0.3) is 5.91 Å². The number of carbonyl (C=O) groups excluding carboxylic acids is 2. The minimum atomic E-state index is -0.214. The number of hydrogen-bond donors (Lipinski definition) is 1. The van der Waals surface area contributed by atoms with E-state index < -0.39 is 0 Å². The van der Waals surface area contributed by atoms with E-state index >= 15 is 0 Å². The summed E-state index contributed by atoms with van der Waals surface area (Å²) in [6.45, 7) is 4.35. The Morgan fingerprint density at radius 1 is 0.964 bits per heavy atom. The summed E-state index contributed by atoms with van der Waals surface area (Å²) in [5.74, 6) is 1.88. The Hall–Kier alpha value is -3.02. The van der Waals surface area contributed by atoms with Crippen molar-refractivity contribution in [2.45, 2.75) is 33.2 Å². The highest BCUT2D eigenvalue weighted by Crippen LogP contribution is 2.27. The van der Waals surface area contributed by atoms with Crippen molar-refractivity contribution < 1.29 is 23.8 Å². The molecule has 6 nitrogen and oxygen atoms in total. The fourth-order valence-electron chi connectivity index (χ4n) is 2.57. The van der Waals surface area contributed by atoms with Crippen molar-refractivity contribution in [2.24, 2.45) is 0 Å². The zero-order valence-corrected chi connectivity index (χ0v) is 16.6. The van der Waals surface area contributed by atoms with Gasteiger partial charge in [0.2, 0.25) is 0 Å². The first-order valence-corrected chi connectivity index (χ1v) is 9.29. The molecule has 0 atom stereocenters. The van der Waals surface area contributed by atoms with E-state index in [2.05, 4.69) is 5.32 Å². The molecule has 0 radical (unpaired) electrons. The van der Waals surface area contributed by atoms with Crippen LogP contribution in [0.4, 0.5) is 0 Å². The number of nitrogens with one attached hydrogen (secondary N) is 1. The summed E-state index contributed by atoms with van der Waals surface area (Å²) >= 11 is 0. The molecule has 0 aromatic heterocycles. The highest BCUT2D eigenvalue weighted by molar-refractivity contribution is 5.77. The Morgan fingerprint density at radius 2 is 1.68 bits per heavy atom. The summed E-state index contributed by atoms with van der Waals surface area (Å²) in [5.41, 5.74) is 1.97. The van der Waals surface area contributed by atoms with Gasteiger partial charge in [0.05, 0.1) is 13.7 Å². The number of Topliss-reactive ketones (excluding diaryl/α,β-unsaturated/α-hetero) is 1.